The Morgan fingerprint density at radius 1 is 1.31 bits per heavy atom. The molecule has 0 unspecified atom stereocenters. The van der Waals surface area contributed by atoms with E-state index in [-0.39, 0.29) is 58.8 Å². The molecule has 3 rings (SSSR count). The summed E-state index contributed by atoms with van der Waals surface area (Å²) < 4.78 is 24.9. The van der Waals surface area contributed by atoms with Crippen LogP contribution in [0.2, 0.25) is 0 Å². The Morgan fingerprint density at radius 3 is 2.62 bits per heavy atom. The van der Waals surface area contributed by atoms with Gasteiger partial charge in [0.1, 0.15) is 11.9 Å². The van der Waals surface area contributed by atoms with Crippen molar-refractivity contribution in [3.63, 3.8) is 0 Å². The van der Waals surface area contributed by atoms with Gasteiger partial charge in [-0.1, -0.05) is 0 Å². The lowest BCUT2D eigenvalue weighted by Crippen LogP contribution is -2.36. The van der Waals surface area contributed by atoms with E-state index in [0.717, 1.165) is 0 Å². The number of nitrogens with one attached hydrogen (secondary N) is 1. The fourth-order valence-corrected chi connectivity index (χ4v) is 2.82. The van der Waals surface area contributed by atoms with Gasteiger partial charge in [-0.05, 0) is 18.2 Å². The molecule has 2 saturated heterocycles. The van der Waals surface area contributed by atoms with Crippen molar-refractivity contribution in [2.75, 3.05) is 49.2 Å². The number of carbonyl (C=O) groups excluding carboxylic acids is 2. The van der Waals surface area contributed by atoms with Crippen LogP contribution in [0.15, 0.2) is 18.2 Å². The molecule has 2 heterocycles. The molecular formula is C16H22Br2FN3O4. The van der Waals surface area contributed by atoms with Gasteiger partial charge in [0.15, 0.2) is 0 Å². The smallest absolute Gasteiger partial charge is 0.414 e. The van der Waals surface area contributed by atoms with Crippen molar-refractivity contribution in [2.24, 2.45) is 0 Å². The second-order valence-corrected chi connectivity index (χ2v) is 5.79. The van der Waals surface area contributed by atoms with Crippen molar-refractivity contribution in [3.8, 4) is 0 Å². The summed E-state index contributed by atoms with van der Waals surface area (Å²) >= 11 is 0. The zero-order valence-corrected chi connectivity index (χ0v) is 17.7. The molecule has 1 aromatic rings. The molecule has 0 aromatic heterocycles. The van der Waals surface area contributed by atoms with Crippen LogP contribution in [0.5, 0.6) is 0 Å². The van der Waals surface area contributed by atoms with Crippen LogP contribution in [-0.4, -0.2) is 57.5 Å². The first-order valence-electron chi connectivity index (χ1n) is 7.89. The molecule has 26 heavy (non-hydrogen) atoms. The third kappa shape index (κ3) is 5.31. The van der Waals surface area contributed by atoms with Gasteiger partial charge in [0.25, 0.3) is 0 Å². The summed E-state index contributed by atoms with van der Waals surface area (Å²) in [7, 11) is 0. The lowest BCUT2D eigenvalue weighted by Gasteiger charge is -2.29. The fraction of sp³-hybridized carbons (Fsp3) is 0.500. The van der Waals surface area contributed by atoms with Gasteiger partial charge < -0.3 is 19.7 Å². The van der Waals surface area contributed by atoms with Gasteiger partial charge in [0, 0.05) is 20.0 Å². The van der Waals surface area contributed by atoms with Gasteiger partial charge in [0.05, 0.1) is 37.7 Å². The predicted molar refractivity (Wildman–Crippen MR) is 106 cm³/mol. The predicted octanol–water partition coefficient (Wildman–Crippen LogP) is 2.28. The number of nitrogens with zero attached hydrogens (tertiary/aromatic N) is 2. The average molecular weight is 499 g/mol. The molecule has 1 atom stereocenters. The zero-order chi connectivity index (χ0) is 17.1. The van der Waals surface area contributed by atoms with Crippen LogP contribution in [0.1, 0.15) is 6.92 Å². The Morgan fingerprint density at radius 2 is 2.00 bits per heavy atom. The third-order valence-electron chi connectivity index (χ3n) is 4.05. The lowest BCUT2D eigenvalue weighted by atomic mass is 10.2. The molecule has 2 fully saturated rings. The summed E-state index contributed by atoms with van der Waals surface area (Å²) in [4.78, 5) is 26.2. The minimum atomic E-state index is -0.538. The molecule has 10 heteroatoms. The van der Waals surface area contributed by atoms with Crippen molar-refractivity contribution < 1.29 is 23.5 Å². The van der Waals surface area contributed by atoms with Gasteiger partial charge in [0.2, 0.25) is 5.91 Å². The molecule has 0 bridgehead atoms. The molecule has 7 nitrogen and oxygen atoms in total. The number of halogens is 3. The summed E-state index contributed by atoms with van der Waals surface area (Å²) in [5.41, 5.74) is 0.948. The number of hydrogen-bond acceptors (Lipinski definition) is 5. The first-order valence-corrected chi connectivity index (χ1v) is 7.89. The summed E-state index contributed by atoms with van der Waals surface area (Å²) in [5.74, 6) is -0.571. The summed E-state index contributed by atoms with van der Waals surface area (Å²) in [6.07, 6.45) is -0.979. The zero-order valence-electron chi connectivity index (χ0n) is 14.3. The number of amides is 2. The van der Waals surface area contributed by atoms with Crippen molar-refractivity contribution in [3.05, 3.63) is 24.0 Å². The largest absolute Gasteiger partial charge is 0.442 e. The first-order chi connectivity index (χ1) is 11.5. The molecule has 0 spiro atoms. The molecule has 2 amide bonds. The Bertz CT molecular complexity index is 644. The molecule has 0 saturated carbocycles. The van der Waals surface area contributed by atoms with Crippen molar-refractivity contribution in [1.29, 1.82) is 0 Å². The molecule has 146 valence electrons. The van der Waals surface area contributed by atoms with Crippen LogP contribution < -0.4 is 15.1 Å². The Labute approximate surface area is 172 Å². The van der Waals surface area contributed by atoms with Gasteiger partial charge in [-0.3, -0.25) is 9.69 Å². The van der Waals surface area contributed by atoms with Crippen LogP contribution in [0, 0.1) is 5.82 Å². The van der Waals surface area contributed by atoms with Gasteiger partial charge in [-0.25, -0.2) is 9.18 Å². The second kappa shape index (κ2) is 10.1. The Balaban J connectivity index is 0.00000169. The first kappa shape index (κ1) is 22.7. The minimum absolute atomic E-state index is 0. The quantitative estimate of drug-likeness (QED) is 0.689. The maximum Gasteiger partial charge on any atom is 0.414 e. The van der Waals surface area contributed by atoms with Gasteiger partial charge in [-0.15, -0.1) is 34.0 Å². The van der Waals surface area contributed by atoms with Crippen LogP contribution in [-0.2, 0) is 14.3 Å². The van der Waals surface area contributed by atoms with Crippen molar-refractivity contribution in [2.45, 2.75) is 13.0 Å². The number of morpholine rings is 1. The van der Waals surface area contributed by atoms with E-state index in [0.29, 0.717) is 37.7 Å². The van der Waals surface area contributed by atoms with Gasteiger partial charge >= 0.3 is 6.09 Å². The number of cyclic esters (lactones) is 1. The second-order valence-electron chi connectivity index (χ2n) is 5.79. The van der Waals surface area contributed by atoms with E-state index in [1.54, 1.807) is 12.1 Å². The number of benzene rings is 1. The third-order valence-corrected chi connectivity index (χ3v) is 4.05. The molecular weight excluding hydrogens is 477 g/mol. The highest BCUT2D eigenvalue weighted by atomic mass is 79.9. The molecule has 2 aliphatic heterocycles. The highest BCUT2D eigenvalue weighted by Gasteiger charge is 2.32. The van der Waals surface area contributed by atoms with E-state index in [1.165, 1.54) is 17.9 Å². The van der Waals surface area contributed by atoms with Crippen LogP contribution in [0.4, 0.5) is 20.6 Å². The van der Waals surface area contributed by atoms with E-state index >= 15 is 0 Å². The fourth-order valence-electron chi connectivity index (χ4n) is 2.82. The van der Waals surface area contributed by atoms with Crippen LogP contribution in [0.25, 0.3) is 0 Å². The van der Waals surface area contributed by atoms with E-state index in [4.69, 9.17) is 9.47 Å². The molecule has 1 aromatic carbocycles. The Hall–Kier alpha value is -1.39. The van der Waals surface area contributed by atoms with Crippen molar-refractivity contribution in [1.82, 2.24) is 5.32 Å². The molecule has 0 aliphatic carbocycles. The number of rotatable bonds is 4. The molecule has 2 aliphatic rings. The topological polar surface area (TPSA) is 71.1 Å². The van der Waals surface area contributed by atoms with E-state index in [1.807, 2.05) is 4.90 Å². The number of carbonyl (C=O) groups is 2. The maximum atomic E-state index is 14.4. The SMILES string of the molecule is Br.Br.CC(=O)NC[C@H]1CN(c2ccc(N3CCOCC3)c(F)c2)C(=O)O1. The lowest BCUT2D eigenvalue weighted by molar-refractivity contribution is -0.119. The Kier molecular flexibility index (Phi) is 8.78. The van der Waals surface area contributed by atoms with Crippen LogP contribution in [0.3, 0.4) is 0 Å². The number of anilines is 2. The highest BCUT2D eigenvalue weighted by molar-refractivity contribution is 8.93. The standard InChI is InChI=1S/C16H20FN3O4.2BrH/c1-11(21)18-9-13-10-20(16(22)24-13)12-2-3-15(14(17)8-12)19-4-6-23-7-5-19;;/h2-3,8,13H,4-7,9-10H2,1H3,(H,18,21);2*1H/t13-;;/m0../s1. The van der Waals surface area contributed by atoms with E-state index < -0.39 is 12.2 Å². The van der Waals surface area contributed by atoms with E-state index in [2.05, 4.69) is 5.32 Å². The minimum Gasteiger partial charge on any atom is -0.442 e. The normalized spacial score (nSPS) is 19.3. The summed E-state index contributed by atoms with van der Waals surface area (Å²) in [5, 5.41) is 2.61. The van der Waals surface area contributed by atoms with E-state index in [9.17, 15) is 14.0 Å². The summed E-state index contributed by atoms with van der Waals surface area (Å²) in [6, 6.07) is 4.72. The number of hydrogen-bond donors (Lipinski definition) is 1. The van der Waals surface area contributed by atoms with Crippen LogP contribution >= 0.6 is 34.0 Å². The summed E-state index contributed by atoms with van der Waals surface area (Å²) in [6.45, 7) is 4.34. The average Bonchev–Trinajstić information content (AvgIpc) is 2.94. The number of ether oxygens (including phenoxy) is 2. The molecule has 0 radical (unpaired) electrons. The van der Waals surface area contributed by atoms with Gasteiger partial charge in [-0.2, -0.15) is 0 Å². The monoisotopic (exact) mass is 497 g/mol. The van der Waals surface area contributed by atoms with Crippen molar-refractivity contribution >= 4 is 57.3 Å². The highest BCUT2D eigenvalue weighted by Crippen LogP contribution is 2.28. The molecule has 1 N–H and O–H groups in total. The maximum absolute atomic E-state index is 14.4.